The Morgan fingerprint density at radius 1 is 1.44 bits per heavy atom. The minimum Gasteiger partial charge on any atom is -0.493 e. The number of aliphatic hydroxyl groups is 1. The number of nitrogens with one attached hydrogen (secondary N) is 1. The van der Waals surface area contributed by atoms with Gasteiger partial charge in [-0.15, -0.1) is 0 Å². The van der Waals surface area contributed by atoms with Crippen molar-refractivity contribution in [2.45, 2.75) is 38.1 Å². The number of para-hydroxylation sites is 1. The molecule has 0 bridgehead atoms. The van der Waals surface area contributed by atoms with Gasteiger partial charge in [-0.3, -0.25) is 0 Å². The molecule has 1 aliphatic heterocycles. The maximum absolute atomic E-state index is 9.00. The van der Waals surface area contributed by atoms with Gasteiger partial charge in [-0.2, -0.15) is 0 Å². The van der Waals surface area contributed by atoms with Crippen LogP contribution in [0.1, 0.15) is 37.7 Å². The van der Waals surface area contributed by atoms with E-state index >= 15 is 0 Å². The van der Waals surface area contributed by atoms with Gasteiger partial charge in [0.05, 0.1) is 6.61 Å². The van der Waals surface area contributed by atoms with Gasteiger partial charge >= 0.3 is 0 Å². The molecule has 0 saturated heterocycles. The highest BCUT2D eigenvalue weighted by Gasteiger charge is 2.21. The lowest BCUT2D eigenvalue weighted by Gasteiger charge is -2.27. The number of aliphatic hydroxyl groups excluding tert-OH is 1. The van der Waals surface area contributed by atoms with E-state index in [0.717, 1.165) is 38.2 Å². The van der Waals surface area contributed by atoms with Crippen molar-refractivity contribution in [1.82, 2.24) is 5.32 Å². The Kier molecular flexibility index (Phi) is 5.02. The molecule has 0 aromatic heterocycles. The summed E-state index contributed by atoms with van der Waals surface area (Å²) in [5.74, 6) is 1.56. The first-order valence-corrected chi connectivity index (χ1v) is 6.91. The summed E-state index contributed by atoms with van der Waals surface area (Å²) in [6.07, 6.45) is 2.96. The van der Waals surface area contributed by atoms with Crippen molar-refractivity contribution < 1.29 is 9.84 Å². The zero-order valence-electron chi connectivity index (χ0n) is 11.1. The average Bonchev–Trinajstić information content (AvgIpc) is 2.43. The van der Waals surface area contributed by atoms with Crippen LogP contribution >= 0.6 is 0 Å². The first-order valence-electron chi connectivity index (χ1n) is 6.91. The molecule has 2 atom stereocenters. The van der Waals surface area contributed by atoms with Crippen molar-refractivity contribution in [2.24, 2.45) is 0 Å². The number of fused-ring (bicyclic) bond motifs is 1. The number of benzene rings is 1. The lowest BCUT2D eigenvalue weighted by atomic mass is 9.92. The van der Waals surface area contributed by atoms with Gasteiger partial charge in [0, 0.05) is 25.1 Å². The Morgan fingerprint density at radius 2 is 2.28 bits per heavy atom. The largest absolute Gasteiger partial charge is 0.493 e. The third-order valence-electron chi connectivity index (χ3n) is 3.71. The van der Waals surface area contributed by atoms with Gasteiger partial charge < -0.3 is 15.2 Å². The third-order valence-corrected chi connectivity index (χ3v) is 3.71. The highest BCUT2D eigenvalue weighted by molar-refractivity contribution is 5.37. The Labute approximate surface area is 109 Å². The van der Waals surface area contributed by atoms with Gasteiger partial charge in [0.2, 0.25) is 0 Å². The highest BCUT2D eigenvalue weighted by atomic mass is 16.5. The SMILES string of the molecule is CCC(CCO)NCC1CCOc2ccccc21. The third kappa shape index (κ3) is 3.24. The zero-order valence-corrected chi connectivity index (χ0v) is 11.1. The fourth-order valence-corrected chi connectivity index (χ4v) is 2.54. The summed E-state index contributed by atoms with van der Waals surface area (Å²) in [6, 6.07) is 8.73. The summed E-state index contributed by atoms with van der Waals surface area (Å²) in [5, 5.41) is 12.6. The number of rotatable bonds is 6. The Hall–Kier alpha value is -1.06. The summed E-state index contributed by atoms with van der Waals surface area (Å²) < 4.78 is 5.67. The smallest absolute Gasteiger partial charge is 0.122 e. The van der Waals surface area contributed by atoms with Gasteiger partial charge in [0.15, 0.2) is 0 Å². The molecule has 100 valence electrons. The molecular formula is C15H23NO2. The van der Waals surface area contributed by atoms with Crippen LogP contribution in [0.2, 0.25) is 0 Å². The van der Waals surface area contributed by atoms with Crippen LogP contribution in [0.4, 0.5) is 0 Å². The predicted molar refractivity (Wildman–Crippen MR) is 73.1 cm³/mol. The minimum atomic E-state index is 0.260. The second-order valence-electron chi connectivity index (χ2n) is 4.90. The van der Waals surface area contributed by atoms with Crippen LogP contribution in [0.3, 0.4) is 0 Å². The zero-order chi connectivity index (χ0) is 12.8. The van der Waals surface area contributed by atoms with Crippen molar-refractivity contribution in [2.75, 3.05) is 19.8 Å². The van der Waals surface area contributed by atoms with E-state index in [4.69, 9.17) is 9.84 Å². The molecule has 0 saturated carbocycles. The van der Waals surface area contributed by atoms with E-state index in [1.807, 2.05) is 12.1 Å². The van der Waals surface area contributed by atoms with Crippen LogP contribution in [0.15, 0.2) is 24.3 Å². The van der Waals surface area contributed by atoms with Crippen molar-refractivity contribution in [3.8, 4) is 5.75 Å². The van der Waals surface area contributed by atoms with Crippen LogP contribution in [0.25, 0.3) is 0 Å². The van der Waals surface area contributed by atoms with Crippen LogP contribution in [-0.4, -0.2) is 30.9 Å². The molecule has 0 aliphatic carbocycles. The Bertz CT molecular complexity index is 367. The molecular weight excluding hydrogens is 226 g/mol. The van der Waals surface area contributed by atoms with E-state index < -0.39 is 0 Å². The van der Waals surface area contributed by atoms with E-state index in [2.05, 4.69) is 24.4 Å². The number of hydrogen-bond acceptors (Lipinski definition) is 3. The molecule has 1 aromatic carbocycles. The second kappa shape index (κ2) is 6.76. The molecule has 3 nitrogen and oxygen atoms in total. The Morgan fingerprint density at radius 3 is 3.06 bits per heavy atom. The maximum Gasteiger partial charge on any atom is 0.122 e. The molecule has 1 aliphatic rings. The van der Waals surface area contributed by atoms with Gasteiger partial charge in [0.25, 0.3) is 0 Å². The molecule has 0 spiro atoms. The number of hydrogen-bond donors (Lipinski definition) is 2. The summed E-state index contributed by atoms with van der Waals surface area (Å²) in [5.41, 5.74) is 1.31. The van der Waals surface area contributed by atoms with E-state index in [9.17, 15) is 0 Å². The molecule has 0 radical (unpaired) electrons. The highest BCUT2D eigenvalue weighted by Crippen LogP contribution is 2.32. The van der Waals surface area contributed by atoms with Crippen LogP contribution in [0.5, 0.6) is 5.75 Å². The summed E-state index contributed by atoms with van der Waals surface area (Å²) >= 11 is 0. The lowest BCUT2D eigenvalue weighted by Crippen LogP contribution is -2.34. The monoisotopic (exact) mass is 249 g/mol. The van der Waals surface area contributed by atoms with Crippen molar-refractivity contribution in [3.05, 3.63) is 29.8 Å². The van der Waals surface area contributed by atoms with Gasteiger partial charge in [-0.05, 0) is 30.9 Å². The topological polar surface area (TPSA) is 41.5 Å². The normalized spacial score (nSPS) is 20.0. The summed E-state index contributed by atoms with van der Waals surface area (Å²) in [6.45, 7) is 4.19. The first-order chi connectivity index (χ1) is 8.85. The molecule has 1 aromatic rings. The van der Waals surface area contributed by atoms with Gasteiger partial charge in [0.1, 0.15) is 5.75 Å². The van der Waals surface area contributed by atoms with Crippen LogP contribution in [-0.2, 0) is 0 Å². The van der Waals surface area contributed by atoms with Crippen molar-refractivity contribution >= 4 is 0 Å². The standard InChI is InChI=1S/C15H23NO2/c1-2-13(7-9-17)16-11-12-8-10-18-15-6-4-3-5-14(12)15/h3-6,12-13,16-17H,2,7-11H2,1H3. The Balaban J connectivity index is 1.94. The predicted octanol–water partition coefficient (Wildman–Crippen LogP) is 2.30. The summed E-state index contributed by atoms with van der Waals surface area (Å²) in [7, 11) is 0. The summed E-state index contributed by atoms with van der Waals surface area (Å²) in [4.78, 5) is 0. The first kappa shape index (κ1) is 13.4. The molecule has 3 heteroatoms. The van der Waals surface area contributed by atoms with Gasteiger partial charge in [-0.25, -0.2) is 0 Å². The second-order valence-corrected chi connectivity index (χ2v) is 4.90. The van der Waals surface area contributed by atoms with E-state index in [-0.39, 0.29) is 6.61 Å². The molecule has 0 amide bonds. The fraction of sp³-hybridized carbons (Fsp3) is 0.600. The minimum absolute atomic E-state index is 0.260. The lowest BCUT2D eigenvalue weighted by molar-refractivity contribution is 0.246. The molecule has 18 heavy (non-hydrogen) atoms. The average molecular weight is 249 g/mol. The molecule has 2 N–H and O–H groups in total. The van der Waals surface area contributed by atoms with Crippen LogP contribution < -0.4 is 10.1 Å². The molecule has 2 rings (SSSR count). The van der Waals surface area contributed by atoms with Gasteiger partial charge in [-0.1, -0.05) is 25.1 Å². The quantitative estimate of drug-likeness (QED) is 0.813. The number of ether oxygens (including phenoxy) is 1. The van der Waals surface area contributed by atoms with E-state index in [1.54, 1.807) is 0 Å². The fourth-order valence-electron chi connectivity index (χ4n) is 2.54. The van der Waals surface area contributed by atoms with E-state index in [0.29, 0.717) is 12.0 Å². The molecule has 1 heterocycles. The molecule has 0 fully saturated rings. The van der Waals surface area contributed by atoms with E-state index in [1.165, 1.54) is 5.56 Å². The van der Waals surface area contributed by atoms with Crippen LogP contribution in [0, 0.1) is 0 Å². The maximum atomic E-state index is 9.00. The van der Waals surface area contributed by atoms with Crippen molar-refractivity contribution in [3.63, 3.8) is 0 Å². The molecule has 2 unspecified atom stereocenters. The van der Waals surface area contributed by atoms with Crippen molar-refractivity contribution in [1.29, 1.82) is 0 Å².